The molecule has 0 aliphatic rings. The Balaban J connectivity index is 1.74. The lowest BCUT2D eigenvalue weighted by Crippen LogP contribution is -2.16. The summed E-state index contributed by atoms with van der Waals surface area (Å²) in [6.07, 6.45) is 0. The number of ether oxygens (including phenoxy) is 14. The molecule has 18 nitrogen and oxygen atoms in total. The Morgan fingerprint density at radius 1 is 0.345 bits per heavy atom. The lowest BCUT2D eigenvalue weighted by molar-refractivity contribution is -0.0147. The number of carbonyl (C=O) groups is 2. The first-order chi connectivity index (χ1) is 28.5. The predicted octanol–water partition coefficient (Wildman–Crippen LogP) is 1.68. The van der Waals surface area contributed by atoms with E-state index in [1.54, 1.807) is 12.1 Å². The Morgan fingerprint density at radius 3 is 0.828 bits per heavy atom. The summed E-state index contributed by atoms with van der Waals surface area (Å²) in [6.45, 7) is 7.92. The monoisotopic (exact) mass is 830 g/mol. The summed E-state index contributed by atoms with van der Waals surface area (Å²) < 4.78 is 76.3. The molecular formula is C40H62O18. The third kappa shape index (κ3) is 25.1. The second-order valence-corrected chi connectivity index (χ2v) is 11.7. The van der Waals surface area contributed by atoms with Crippen molar-refractivity contribution in [2.24, 2.45) is 0 Å². The molecule has 0 heterocycles. The van der Waals surface area contributed by atoms with Gasteiger partial charge in [-0.3, -0.25) is 9.59 Å². The molecule has 0 fully saturated rings. The second kappa shape index (κ2) is 35.4. The van der Waals surface area contributed by atoms with Crippen LogP contribution in [0.3, 0.4) is 0 Å². The van der Waals surface area contributed by atoms with E-state index < -0.39 is 11.6 Å². The topological polar surface area (TPSA) is 204 Å². The van der Waals surface area contributed by atoms with Gasteiger partial charge in [-0.25, -0.2) is 0 Å². The summed E-state index contributed by atoms with van der Waals surface area (Å²) >= 11 is 0. The van der Waals surface area contributed by atoms with E-state index in [2.05, 4.69) is 0 Å². The van der Waals surface area contributed by atoms with Crippen molar-refractivity contribution in [3.63, 3.8) is 0 Å². The van der Waals surface area contributed by atoms with Gasteiger partial charge in [-0.05, 0) is 24.3 Å². The van der Waals surface area contributed by atoms with E-state index in [1.165, 1.54) is 38.5 Å². The molecule has 0 aliphatic heterocycles. The smallest absolute Gasteiger partial charge is 0.233 e. The summed E-state index contributed by atoms with van der Waals surface area (Å²) in [4.78, 5) is 26.7. The van der Waals surface area contributed by atoms with Crippen molar-refractivity contribution in [3.05, 3.63) is 47.5 Å². The number of ketones is 2. The van der Waals surface area contributed by atoms with E-state index in [0.717, 1.165) is 0 Å². The Hall–Kier alpha value is -3.50. The molecule has 2 N–H and O–H groups in total. The Morgan fingerprint density at radius 2 is 0.569 bits per heavy atom. The maximum Gasteiger partial charge on any atom is 0.233 e. The van der Waals surface area contributed by atoms with Crippen molar-refractivity contribution in [3.8, 4) is 23.0 Å². The van der Waals surface area contributed by atoms with Crippen LogP contribution in [0, 0.1) is 0 Å². The number of benzene rings is 2. The normalized spacial score (nSPS) is 11.2. The maximum absolute atomic E-state index is 13.4. The number of aliphatic hydroxyl groups excluding tert-OH is 2. The molecule has 2 aromatic rings. The summed E-state index contributed by atoms with van der Waals surface area (Å²) in [5.74, 6) is -0.171. The number of hydrogen-bond donors (Lipinski definition) is 2. The van der Waals surface area contributed by atoms with Crippen LogP contribution in [-0.2, 0) is 47.4 Å². The van der Waals surface area contributed by atoms with E-state index >= 15 is 0 Å². The molecule has 0 unspecified atom stereocenters. The molecule has 0 saturated carbocycles. The molecule has 330 valence electrons. The molecule has 18 heteroatoms. The lowest BCUT2D eigenvalue weighted by Gasteiger charge is -2.13. The molecule has 0 radical (unpaired) electrons. The van der Waals surface area contributed by atoms with Crippen LogP contribution in [0.2, 0.25) is 0 Å². The summed E-state index contributed by atoms with van der Waals surface area (Å²) in [5, 5.41) is 17.3. The summed E-state index contributed by atoms with van der Waals surface area (Å²) in [7, 11) is 2.91. The third-order valence-electron chi connectivity index (χ3n) is 7.40. The first-order valence-corrected chi connectivity index (χ1v) is 19.2. The molecule has 0 aliphatic carbocycles. The van der Waals surface area contributed by atoms with Gasteiger partial charge in [0.25, 0.3) is 0 Å². The summed E-state index contributed by atoms with van der Waals surface area (Å²) in [5.41, 5.74) is 0.181. The van der Waals surface area contributed by atoms with Gasteiger partial charge < -0.3 is 76.5 Å². The zero-order valence-corrected chi connectivity index (χ0v) is 33.9. The average molecular weight is 831 g/mol. The molecule has 0 aromatic heterocycles. The Bertz CT molecular complexity index is 1250. The van der Waals surface area contributed by atoms with Gasteiger partial charge in [0.1, 0.15) is 36.2 Å². The van der Waals surface area contributed by atoms with Crippen molar-refractivity contribution < 1.29 is 86.1 Å². The van der Waals surface area contributed by atoms with Crippen molar-refractivity contribution >= 4 is 11.6 Å². The number of Topliss-reactive ketones (excluding diaryl/α,β-unsaturated/α-hetero) is 2. The first kappa shape index (κ1) is 50.6. The van der Waals surface area contributed by atoms with Crippen LogP contribution in [0.4, 0.5) is 0 Å². The van der Waals surface area contributed by atoms with Crippen LogP contribution in [0.1, 0.15) is 20.7 Å². The number of aliphatic hydroxyl groups is 2. The largest absolute Gasteiger partial charge is 0.497 e. The standard InChI is InChI=1S/C40H62O18/c1-45-35-27-33(28-36(31-35)46-2)39(43)40(44)34-29-37(57-25-23-55-21-19-53-17-15-51-13-11-49-9-7-47-5-3-41)32-38(30-34)58-26-24-56-22-20-54-18-16-52-14-12-50-10-8-48-6-4-42/h27-32,41-42H,3-26H2,1-2H3. The van der Waals surface area contributed by atoms with Crippen LogP contribution >= 0.6 is 0 Å². The van der Waals surface area contributed by atoms with Gasteiger partial charge in [0.2, 0.25) is 11.6 Å². The molecular weight excluding hydrogens is 768 g/mol. The number of methoxy groups -OCH3 is 2. The van der Waals surface area contributed by atoms with Gasteiger partial charge >= 0.3 is 0 Å². The van der Waals surface area contributed by atoms with Crippen molar-refractivity contribution in [1.29, 1.82) is 0 Å². The zero-order chi connectivity index (χ0) is 41.7. The Labute approximate surface area is 340 Å². The predicted molar refractivity (Wildman–Crippen MR) is 208 cm³/mol. The van der Waals surface area contributed by atoms with Gasteiger partial charge in [-0.1, -0.05) is 0 Å². The van der Waals surface area contributed by atoms with E-state index in [1.807, 2.05) is 0 Å². The fourth-order valence-corrected chi connectivity index (χ4v) is 4.60. The molecule has 0 amide bonds. The number of rotatable bonds is 41. The lowest BCUT2D eigenvalue weighted by atomic mass is 10.0. The van der Waals surface area contributed by atoms with Crippen molar-refractivity contribution in [1.82, 2.24) is 0 Å². The van der Waals surface area contributed by atoms with Gasteiger partial charge in [-0.2, -0.15) is 0 Å². The van der Waals surface area contributed by atoms with Crippen LogP contribution < -0.4 is 18.9 Å². The molecule has 0 atom stereocenters. The van der Waals surface area contributed by atoms with Crippen molar-refractivity contribution in [2.75, 3.05) is 173 Å². The highest BCUT2D eigenvalue weighted by Gasteiger charge is 2.22. The fourth-order valence-electron chi connectivity index (χ4n) is 4.60. The SMILES string of the molecule is COc1cc(OC)cc(C(=O)C(=O)c2cc(OCCOCCOCCOCCOCCOCCO)cc(OCCOCCOCCOCCOCCOCCO)c2)c1. The molecule has 0 bridgehead atoms. The summed E-state index contributed by atoms with van der Waals surface area (Å²) in [6, 6.07) is 9.11. The van der Waals surface area contributed by atoms with Gasteiger partial charge in [-0.15, -0.1) is 0 Å². The highest BCUT2D eigenvalue weighted by atomic mass is 16.6. The fraction of sp³-hybridized carbons (Fsp3) is 0.650. The van der Waals surface area contributed by atoms with E-state index in [9.17, 15) is 9.59 Å². The first-order valence-electron chi connectivity index (χ1n) is 19.2. The van der Waals surface area contributed by atoms with E-state index in [4.69, 9.17) is 76.5 Å². The molecule has 0 saturated heterocycles. The van der Waals surface area contributed by atoms with Crippen LogP contribution in [0.15, 0.2) is 36.4 Å². The molecule has 58 heavy (non-hydrogen) atoms. The minimum atomic E-state index is -0.770. The minimum Gasteiger partial charge on any atom is -0.497 e. The minimum absolute atomic E-state index is 0.00957. The molecule has 2 aromatic carbocycles. The van der Waals surface area contributed by atoms with E-state index in [0.29, 0.717) is 142 Å². The van der Waals surface area contributed by atoms with Crippen molar-refractivity contribution in [2.45, 2.75) is 0 Å². The Kier molecular flexibility index (Phi) is 30.9. The third-order valence-corrected chi connectivity index (χ3v) is 7.40. The average Bonchev–Trinajstić information content (AvgIpc) is 3.24. The van der Waals surface area contributed by atoms with Crippen LogP contribution in [0.25, 0.3) is 0 Å². The van der Waals surface area contributed by atoms with Gasteiger partial charge in [0.05, 0.1) is 160 Å². The number of carbonyl (C=O) groups excluding carboxylic acids is 2. The molecule has 0 spiro atoms. The number of hydrogen-bond acceptors (Lipinski definition) is 18. The quantitative estimate of drug-likeness (QED) is 0.0556. The zero-order valence-electron chi connectivity index (χ0n) is 33.9. The maximum atomic E-state index is 13.4. The highest BCUT2D eigenvalue weighted by Crippen LogP contribution is 2.27. The van der Waals surface area contributed by atoms with Crippen LogP contribution in [0.5, 0.6) is 23.0 Å². The van der Waals surface area contributed by atoms with E-state index in [-0.39, 0.29) is 50.8 Å². The highest BCUT2D eigenvalue weighted by molar-refractivity contribution is 6.49. The van der Waals surface area contributed by atoms with Gasteiger partial charge in [0.15, 0.2) is 0 Å². The van der Waals surface area contributed by atoms with Crippen LogP contribution in [-0.4, -0.2) is 195 Å². The second-order valence-electron chi connectivity index (χ2n) is 11.7. The molecule has 2 rings (SSSR count). The van der Waals surface area contributed by atoms with Gasteiger partial charge in [0, 0.05) is 23.3 Å².